The topological polar surface area (TPSA) is 0 Å². The summed E-state index contributed by atoms with van der Waals surface area (Å²) < 4.78 is 0. The quantitative estimate of drug-likeness (QED) is 0.653. The summed E-state index contributed by atoms with van der Waals surface area (Å²) in [5.41, 5.74) is 5.78. The summed E-state index contributed by atoms with van der Waals surface area (Å²) in [6.45, 7) is 12.9. The van der Waals surface area contributed by atoms with Crippen molar-refractivity contribution >= 4 is 18.7 Å². The van der Waals surface area contributed by atoms with Gasteiger partial charge in [0.1, 0.15) is 0 Å². The lowest BCUT2D eigenvalue weighted by Gasteiger charge is -2.22. The molecule has 0 unspecified atom stereocenters. The molecule has 0 spiro atoms. The first-order chi connectivity index (χ1) is 7.98. The zero-order valence-electron chi connectivity index (χ0n) is 11.9. The maximum atomic E-state index is 4.59. The molecular formula is C16H24S. The summed E-state index contributed by atoms with van der Waals surface area (Å²) in [6.07, 6.45) is 3.34. The third kappa shape index (κ3) is 2.30. The van der Waals surface area contributed by atoms with Crippen molar-refractivity contribution in [1.82, 2.24) is 0 Å². The van der Waals surface area contributed by atoms with Gasteiger partial charge in [-0.2, -0.15) is 0 Å². The molecule has 1 aliphatic carbocycles. The molecule has 0 saturated carbocycles. The van der Waals surface area contributed by atoms with Crippen LogP contribution in [0, 0.1) is 6.92 Å². The molecule has 0 N–H and O–H groups in total. The van der Waals surface area contributed by atoms with Crippen LogP contribution in [0.1, 0.15) is 56.9 Å². The van der Waals surface area contributed by atoms with E-state index >= 15 is 0 Å². The number of hydrogen-bond acceptors (Lipinski definition) is 1. The van der Waals surface area contributed by atoms with Crippen LogP contribution >= 0.6 is 12.6 Å². The summed E-state index contributed by atoms with van der Waals surface area (Å²) >= 11 is 4.59. The molecule has 0 fully saturated rings. The molecule has 0 heterocycles. The highest BCUT2D eigenvalue weighted by atomic mass is 32.1. The van der Waals surface area contributed by atoms with Gasteiger partial charge < -0.3 is 0 Å². The lowest BCUT2D eigenvalue weighted by molar-refractivity contribution is 0.672. The summed E-state index contributed by atoms with van der Waals surface area (Å²) in [7, 11) is 0. The van der Waals surface area contributed by atoms with Crippen molar-refractivity contribution in [2.75, 3.05) is 0 Å². The molecule has 1 heteroatoms. The first-order valence-corrected chi connectivity index (χ1v) is 6.97. The van der Waals surface area contributed by atoms with Crippen LogP contribution in [0.25, 0.3) is 6.08 Å². The number of allylic oxidation sites excluding steroid dienone is 1. The van der Waals surface area contributed by atoms with E-state index in [0.717, 1.165) is 6.42 Å². The number of thiol groups is 1. The van der Waals surface area contributed by atoms with Crippen LogP contribution < -0.4 is 0 Å². The molecule has 1 aromatic rings. The van der Waals surface area contributed by atoms with Gasteiger partial charge >= 0.3 is 0 Å². The lowest BCUT2D eigenvalue weighted by atomic mass is 9.84. The fraction of sp³-hybridized carbons (Fsp3) is 0.500. The Balaban J connectivity index is 0.000000686. The van der Waals surface area contributed by atoms with Crippen LogP contribution in [0.3, 0.4) is 0 Å². The van der Waals surface area contributed by atoms with Crippen molar-refractivity contribution < 1.29 is 0 Å². The lowest BCUT2D eigenvalue weighted by Crippen LogP contribution is -2.14. The fourth-order valence-corrected chi connectivity index (χ4v) is 2.59. The van der Waals surface area contributed by atoms with E-state index in [1.54, 1.807) is 0 Å². The predicted molar refractivity (Wildman–Crippen MR) is 81.9 cm³/mol. The normalized spacial score (nSPS) is 15.8. The highest BCUT2D eigenvalue weighted by Crippen LogP contribution is 2.44. The maximum absolute atomic E-state index is 4.59. The molecule has 94 valence electrons. The van der Waals surface area contributed by atoms with Crippen LogP contribution in [-0.2, 0) is 11.8 Å². The zero-order valence-corrected chi connectivity index (χ0v) is 12.8. The monoisotopic (exact) mass is 248 g/mol. The van der Waals surface area contributed by atoms with E-state index in [4.69, 9.17) is 0 Å². The number of aryl methyl sites for hydroxylation is 1. The van der Waals surface area contributed by atoms with Crippen molar-refractivity contribution in [3.05, 3.63) is 39.3 Å². The highest BCUT2D eigenvalue weighted by molar-refractivity contribution is 7.84. The van der Waals surface area contributed by atoms with E-state index in [9.17, 15) is 0 Å². The van der Waals surface area contributed by atoms with Crippen molar-refractivity contribution in [1.29, 1.82) is 0 Å². The standard InChI is InChI=1S/C14H18S.C2H6/c1-5-10-6-7-12-11(9(10)2)8-13(15)14(12,3)4;1-2/h6-8,15H,5H2,1-4H3;1-2H3. The number of fused-ring (bicyclic) bond motifs is 1. The summed E-state index contributed by atoms with van der Waals surface area (Å²) in [5.74, 6) is 0. The van der Waals surface area contributed by atoms with Gasteiger partial charge in [0.2, 0.25) is 0 Å². The van der Waals surface area contributed by atoms with Crippen LogP contribution in [-0.4, -0.2) is 0 Å². The smallest absolute Gasteiger partial charge is 0.0209 e. The molecule has 2 rings (SSSR count). The van der Waals surface area contributed by atoms with E-state index in [-0.39, 0.29) is 5.41 Å². The van der Waals surface area contributed by atoms with Crippen molar-refractivity contribution in [3.63, 3.8) is 0 Å². The Bertz CT molecular complexity index is 439. The minimum Gasteiger partial charge on any atom is -0.147 e. The molecule has 0 amide bonds. The minimum absolute atomic E-state index is 0.0927. The van der Waals surface area contributed by atoms with Crippen molar-refractivity contribution in [2.24, 2.45) is 0 Å². The van der Waals surface area contributed by atoms with E-state index in [0.29, 0.717) is 0 Å². The Morgan fingerprint density at radius 3 is 2.29 bits per heavy atom. The van der Waals surface area contributed by atoms with Gasteiger partial charge in [-0.05, 0) is 46.6 Å². The Kier molecular flexibility index (Phi) is 4.48. The maximum Gasteiger partial charge on any atom is 0.0209 e. The SMILES string of the molecule is CC.CCc1ccc2c(c1C)C=C(S)C2(C)C. The van der Waals surface area contributed by atoms with Crippen LogP contribution in [0.2, 0.25) is 0 Å². The molecule has 1 aliphatic rings. The Morgan fingerprint density at radius 1 is 1.18 bits per heavy atom. The molecule has 0 atom stereocenters. The van der Waals surface area contributed by atoms with Gasteiger partial charge in [-0.1, -0.05) is 46.8 Å². The van der Waals surface area contributed by atoms with E-state index in [2.05, 4.69) is 58.5 Å². The van der Waals surface area contributed by atoms with Crippen LogP contribution in [0.5, 0.6) is 0 Å². The Labute approximate surface area is 112 Å². The molecule has 0 aromatic heterocycles. The van der Waals surface area contributed by atoms with Gasteiger partial charge in [0, 0.05) is 5.41 Å². The average molecular weight is 248 g/mol. The second-order valence-corrected chi connectivity index (χ2v) is 5.30. The first-order valence-electron chi connectivity index (χ1n) is 6.52. The molecule has 1 aromatic carbocycles. The third-order valence-corrected chi connectivity index (χ3v) is 4.29. The molecular weight excluding hydrogens is 224 g/mol. The van der Waals surface area contributed by atoms with Gasteiger partial charge in [-0.15, -0.1) is 12.6 Å². The van der Waals surface area contributed by atoms with E-state index < -0.39 is 0 Å². The molecule has 0 bridgehead atoms. The summed E-state index contributed by atoms with van der Waals surface area (Å²) in [5, 5.41) is 0. The summed E-state index contributed by atoms with van der Waals surface area (Å²) in [4.78, 5) is 1.17. The zero-order chi connectivity index (χ0) is 13.2. The van der Waals surface area contributed by atoms with Crippen molar-refractivity contribution in [2.45, 2.75) is 53.4 Å². The molecule has 0 nitrogen and oxygen atoms in total. The summed E-state index contributed by atoms with van der Waals surface area (Å²) in [6, 6.07) is 4.52. The third-order valence-electron chi connectivity index (χ3n) is 3.60. The van der Waals surface area contributed by atoms with Crippen LogP contribution in [0.15, 0.2) is 17.0 Å². The van der Waals surface area contributed by atoms with Gasteiger partial charge in [0.05, 0.1) is 0 Å². The predicted octanol–water partition coefficient (Wildman–Crippen LogP) is 5.15. The van der Waals surface area contributed by atoms with Crippen molar-refractivity contribution in [3.8, 4) is 0 Å². The second-order valence-electron chi connectivity index (χ2n) is 4.82. The first kappa shape index (κ1) is 14.4. The molecule has 0 saturated heterocycles. The molecule has 17 heavy (non-hydrogen) atoms. The van der Waals surface area contributed by atoms with Gasteiger partial charge in [-0.3, -0.25) is 0 Å². The van der Waals surface area contributed by atoms with E-state index in [1.165, 1.54) is 27.2 Å². The Hall–Kier alpha value is -0.690. The highest BCUT2D eigenvalue weighted by Gasteiger charge is 2.31. The average Bonchev–Trinajstić information content (AvgIpc) is 2.55. The van der Waals surface area contributed by atoms with Crippen LogP contribution in [0.4, 0.5) is 0 Å². The minimum atomic E-state index is 0.0927. The number of benzene rings is 1. The largest absolute Gasteiger partial charge is 0.147 e. The molecule has 0 aliphatic heterocycles. The van der Waals surface area contributed by atoms with Gasteiger partial charge in [0.25, 0.3) is 0 Å². The Morgan fingerprint density at radius 2 is 1.76 bits per heavy atom. The second kappa shape index (κ2) is 5.30. The van der Waals surface area contributed by atoms with Gasteiger partial charge in [-0.25, -0.2) is 0 Å². The number of rotatable bonds is 1. The van der Waals surface area contributed by atoms with E-state index in [1.807, 2.05) is 13.8 Å². The molecule has 0 radical (unpaired) electrons. The van der Waals surface area contributed by atoms with Gasteiger partial charge in [0.15, 0.2) is 0 Å². The number of hydrogen-bond donors (Lipinski definition) is 1. The fourth-order valence-electron chi connectivity index (χ4n) is 2.34.